The highest BCUT2D eigenvalue weighted by atomic mass is 16.3. The van der Waals surface area contributed by atoms with E-state index in [1.165, 1.54) is 61.9 Å². The van der Waals surface area contributed by atoms with Gasteiger partial charge in [-0.1, -0.05) is 115 Å². The summed E-state index contributed by atoms with van der Waals surface area (Å²) in [5.74, 6) is -12.7. The molecule has 0 aliphatic carbocycles. The number of carbonyl (C=O) groups is 11. The number of hydrogen-bond acceptors (Lipinski definition) is 12. The zero-order valence-electron chi connectivity index (χ0n) is 54.5. The molecular weight excluding hydrogens is 1050 g/mol. The van der Waals surface area contributed by atoms with Gasteiger partial charge in [0, 0.05) is 86.3 Å². The number of likely N-dealkylation sites (N-methyl/N-ethyl adjacent to an activating group) is 7. The average Bonchev–Trinajstić information content (AvgIpc) is 3.49. The molecule has 8 amide bonds. The Labute approximate surface area is 493 Å². The zero-order valence-corrected chi connectivity index (χ0v) is 53.5. The second-order valence-corrected chi connectivity index (χ2v) is 24.9. The van der Waals surface area contributed by atoms with Gasteiger partial charge >= 0.3 is 0 Å². The van der Waals surface area contributed by atoms with Gasteiger partial charge in [0.2, 0.25) is 41.4 Å². The number of amides is 8. The molecule has 0 spiro atoms. The molecule has 0 bridgehead atoms. The van der Waals surface area contributed by atoms with Crippen LogP contribution in [0, 0.1) is 53.3 Å². The summed E-state index contributed by atoms with van der Waals surface area (Å²) in [4.78, 5) is 167. The second kappa shape index (κ2) is 33.5. The monoisotopic (exact) mass is 1150 g/mol. The number of carbonyl (C=O) groups excluding carboxylic acids is 11. The Kier molecular flexibility index (Phi) is 29.6. The van der Waals surface area contributed by atoms with Crippen LogP contribution in [-0.2, 0) is 52.7 Å². The molecule has 0 aromatic carbocycles. The Hall–Kier alpha value is -5.73. The van der Waals surface area contributed by atoms with E-state index < -0.39 is 167 Å². The predicted octanol–water partition coefficient (Wildman–Crippen LogP) is 4.82. The molecule has 2 radical (unpaired) electrons. The molecule has 1 aliphatic rings. The Morgan fingerprint density at radius 2 is 1.05 bits per heavy atom. The lowest BCUT2D eigenvalue weighted by atomic mass is 9.86. The second-order valence-electron chi connectivity index (χ2n) is 24.9. The van der Waals surface area contributed by atoms with Crippen LogP contribution in [0.1, 0.15) is 143 Å². The molecule has 462 valence electrons. The SMILES string of the molecule is [2H][C@@H]1C(=O)C[C@@H](C(C)C)C(=O)N(C)[C@@H](CC(C)C)C(=O)C[C@@H](C)C(=O)C[C@H](C)C(=O)N(C)[C@@H](CC(C)C)C(=O)N(C)[C@@H](CC(C)C)C(=O)N(C)[C@@H](C(C)C)C(=O)N(C)[C@@H]([C@H](O)[C@H](C)C/C=C/C)C(=O)N[C@@H](C[B])C(=O)N(C)C(=C)C(=O)N1C. The maximum Gasteiger partial charge on any atom is 0.270 e. The fourth-order valence-corrected chi connectivity index (χ4v) is 10.5. The summed E-state index contributed by atoms with van der Waals surface area (Å²) in [6.45, 7) is 26.5. The highest BCUT2D eigenvalue weighted by molar-refractivity contribution is 6.12. The van der Waals surface area contributed by atoms with Crippen LogP contribution in [-0.4, -0.2) is 210 Å². The molecule has 0 aromatic rings. The maximum absolute atomic E-state index is 15.1. The quantitative estimate of drug-likeness (QED) is 0.143. The first kappa shape index (κ1) is 72.4. The fourth-order valence-electron chi connectivity index (χ4n) is 10.5. The van der Waals surface area contributed by atoms with Crippen molar-refractivity contribution in [2.75, 3.05) is 55.9 Å². The number of nitrogens with one attached hydrogen (secondary N) is 1. The molecule has 1 fully saturated rings. The van der Waals surface area contributed by atoms with Crippen molar-refractivity contribution in [2.45, 2.75) is 191 Å². The van der Waals surface area contributed by atoms with E-state index in [4.69, 9.17) is 9.22 Å². The molecule has 1 aliphatic heterocycles. The highest BCUT2D eigenvalue weighted by Crippen LogP contribution is 2.28. The first-order chi connectivity index (χ1) is 38.2. The number of hydrogen-bond donors (Lipinski definition) is 2. The van der Waals surface area contributed by atoms with Crippen LogP contribution in [0.5, 0.6) is 0 Å². The number of nitrogens with zero attached hydrogens (tertiary/aromatic N) is 7. The summed E-state index contributed by atoms with van der Waals surface area (Å²) in [5, 5.41) is 14.6. The van der Waals surface area contributed by atoms with Crippen LogP contribution < -0.4 is 5.32 Å². The third kappa shape index (κ3) is 20.3. The number of aliphatic hydroxyl groups is 1. The number of rotatable bonds is 13. The molecule has 0 unspecified atom stereocenters. The van der Waals surface area contributed by atoms with Crippen molar-refractivity contribution in [1.82, 2.24) is 39.6 Å². The van der Waals surface area contributed by atoms with Crippen LogP contribution >= 0.6 is 0 Å². The van der Waals surface area contributed by atoms with E-state index >= 15 is 9.59 Å². The van der Waals surface area contributed by atoms with Gasteiger partial charge in [0.25, 0.3) is 5.91 Å². The first-order valence-corrected chi connectivity index (χ1v) is 29.1. The number of Topliss-reactive ketones (excluding diaryl/α,β-unsaturated/α-hetero) is 3. The lowest BCUT2D eigenvalue weighted by molar-refractivity contribution is -0.157. The lowest BCUT2D eigenvalue weighted by Crippen LogP contribution is -2.63. The molecule has 21 heteroatoms. The summed E-state index contributed by atoms with van der Waals surface area (Å²) in [5.41, 5.74) is -0.515. The van der Waals surface area contributed by atoms with E-state index in [1.807, 2.05) is 41.5 Å². The van der Waals surface area contributed by atoms with Gasteiger partial charge in [-0.2, -0.15) is 0 Å². The molecule has 1 saturated heterocycles. The van der Waals surface area contributed by atoms with Gasteiger partial charge in [0.15, 0.2) is 11.6 Å². The van der Waals surface area contributed by atoms with Crippen molar-refractivity contribution in [2.24, 2.45) is 53.3 Å². The summed E-state index contributed by atoms with van der Waals surface area (Å²) in [6, 6.07) is -7.86. The molecular formula is C61H103BN8O12. The van der Waals surface area contributed by atoms with E-state index in [9.17, 15) is 48.3 Å². The van der Waals surface area contributed by atoms with Crippen molar-refractivity contribution in [3.8, 4) is 0 Å². The number of allylic oxidation sites excluding steroid dienone is 2. The van der Waals surface area contributed by atoms with Gasteiger partial charge in [-0.3, -0.25) is 52.7 Å². The summed E-state index contributed by atoms with van der Waals surface area (Å²) in [6.07, 6.45) is 1.16. The highest BCUT2D eigenvalue weighted by Gasteiger charge is 2.45. The average molecular weight is 1150 g/mol. The summed E-state index contributed by atoms with van der Waals surface area (Å²) >= 11 is 0. The lowest BCUT2D eigenvalue weighted by Gasteiger charge is -2.41. The normalized spacial score (nSPS) is 27.8. The van der Waals surface area contributed by atoms with E-state index in [0.717, 1.165) is 21.7 Å². The minimum absolute atomic E-state index is 0.0968. The van der Waals surface area contributed by atoms with Crippen molar-refractivity contribution < 1.29 is 59.2 Å². The van der Waals surface area contributed by atoms with Crippen LogP contribution in [0.25, 0.3) is 0 Å². The first-order valence-electron chi connectivity index (χ1n) is 29.7. The van der Waals surface area contributed by atoms with Crippen LogP contribution in [0.2, 0.25) is 6.32 Å². The zero-order chi connectivity index (χ0) is 64.6. The molecule has 0 saturated carbocycles. The van der Waals surface area contributed by atoms with Gasteiger partial charge < -0.3 is 44.7 Å². The van der Waals surface area contributed by atoms with E-state index in [2.05, 4.69) is 11.9 Å². The molecule has 2 N–H and O–H groups in total. The minimum Gasteiger partial charge on any atom is -0.390 e. The Morgan fingerprint density at radius 1 is 0.598 bits per heavy atom. The van der Waals surface area contributed by atoms with Crippen molar-refractivity contribution in [3.63, 3.8) is 0 Å². The molecule has 82 heavy (non-hydrogen) atoms. The molecule has 1 rings (SSSR count). The molecule has 20 nitrogen and oxygen atoms in total. The van der Waals surface area contributed by atoms with Gasteiger partial charge in [-0.05, 0) is 68.1 Å². The van der Waals surface area contributed by atoms with Crippen LogP contribution in [0.15, 0.2) is 24.4 Å². The van der Waals surface area contributed by atoms with Crippen LogP contribution in [0.4, 0.5) is 0 Å². The number of aliphatic hydroxyl groups excluding tert-OH is 1. The summed E-state index contributed by atoms with van der Waals surface area (Å²) in [7, 11) is 15.5. The molecule has 1 heterocycles. The van der Waals surface area contributed by atoms with Gasteiger partial charge in [-0.25, -0.2) is 0 Å². The van der Waals surface area contributed by atoms with Gasteiger partial charge in [0.05, 0.1) is 27.9 Å². The maximum atomic E-state index is 15.1. The van der Waals surface area contributed by atoms with Crippen molar-refractivity contribution in [1.29, 1.82) is 0 Å². The summed E-state index contributed by atoms with van der Waals surface area (Å²) < 4.78 is 8.87. The Balaban J connectivity index is 4.28. The molecule has 12 atom stereocenters. The van der Waals surface area contributed by atoms with Crippen LogP contribution in [0.3, 0.4) is 0 Å². The van der Waals surface area contributed by atoms with Gasteiger partial charge in [0.1, 0.15) is 41.7 Å². The smallest absolute Gasteiger partial charge is 0.270 e. The Morgan fingerprint density at radius 3 is 1.51 bits per heavy atom. The fraction of sp³-hybridized carbons (Fsp3) is 0.754. The number of ketones is 3. The van der Waals surface area contributed by atoms with E-state index in [-0.39, 0.29) is 56.3 Å². The van der Waals surface area contributed by atoms with E-state index in [0.29, 0.717) is 0 Å². The molecule has 0 aromatic heterocycles. The topological polar surface area (TPSA) is 243 Å². The Bertz CT molecular complexity index is 2350. The third-order valence-corrected chi connectivity index (χ3v) is 15.8. The van der Waals surface area contributed by atoms with Crippen molar-refractivity contribution >= 4 is 72.5 Å². The van der Waals surface area contributed by atoms with E-state index in [1.54, 1.807) is 67.5 Å². The van der Waals surface area contributed by atoms with Crippen molar-refractivity contribution in [3.05, 3.63) is 24.4 Å². The standard InChI is InChI=1S/C61H103BN8O12/c1-23-24-25-39(12)53(74)52-54(75)63-45(32-62)58(79)65(17)42(15)56(77)64(16)33-43(71)31-44(37(8)9)57(78)66(18)46(26-34(2)3)50(73)29-40(13)49(72)30-41(14)55(76)67(19)47(27-35(4)5)59(80)68(20)48(28-36(6)7)60(81)69(21)51(38(10)11)61(82)70(52)22/h23-24,34-41,44-48,51-53,74H,15,25-33H2,1-14,16-22H3,(H,63,75)/b24-23+/t39-,40-,41+,44+,45+,46+,47+,48+,51+,52+,53-/m1/s1/i33D/t33-,39-,40-,41+,44+,45+,46+,47+,48+,51+,52+,53-. The largest absolute Gasteiger partial charge is 0.390 e. The minimum atomic E-state index is -1.90. The predicted molar refractivity (Wildman–Crippen MR) is 318 cm³/mol. The third-order valence-electron chi connectivity index (χ3n) is 15.8. The van der Waals surface area contributed by atoms with Gasteiger partial charge in [-0.15, -0.1) is 0 Å².